The topological polar surface area (TPSA) is 67.3 Å². The van der Waals surface area contributed by atoms with Gasteiger partial charge >= 0.3 is 0 Å². The zero-order valence-electron chi connectivity index (χ0n) is 13.2. The third kappa shape index (κ3) is 3.97. The molecule has 24 heavy (non-hydrogen) atoms. The molecule has 0 spiro atoms. The van der Waals surface area contributed by atoms with Gasteiger partial charge < -0.3 is 15.2 Å². The van der Waals surface area contributed by atoms with Crippen LogP contribution in [0.15, 0.2) is 48.5 Å². The number of ether oxygens (including phenoxy) is 1. The first-order valence-electron chi connectivity index (χ1n) is 7.65. The number of nitrogens with one attached hydrogen (secondary N) is 1. The van der Waals surface area contributed by atoms with Crippen LogP contribution >= 0.6 is 0 Å². The van der Waals surface area contributed by atoms with Crippen LogP contribution in [0.2, 0.25) is 0 Å². The molecular formula is C18H18FN3O2. The standard InChI is InChI=1S/C18H18FN3O2/c1-12-18(22-17-5-3-2-4-16(17)21-12)20-10-14(23)11-24-15-8-6-13(19)7-9-15/h2-9,14,23H,10-11H2,1H3,(H,20,22). The van der Waals surface area contributed by atoms with Crippen molar-refractivity contribution >= 4 is 16.9 Å². The normalized spacial score (nSPS) is 12.1. The van der Waals surface area contributed by atoms with Gasteiger partial charge in [0.05, 0.1) is 16.7 Å². The number of rotatable bonds is 6. The minimum absolute atomic E-state index is 0.0959. The molecule has 0 amide bonds. The highest BCUT2D eigenvalue weighted by Gasteiger charge is 2.09. The molecule has 0 bridgehead atoms. The molecule has 3 aromatic rings. The summed E-state index contributed by atoms with van der Waals surface area (Å²) in [6, 6.07) is 13.3. The van der Waals surface area contributed by atoms with Crippen LogP contribution in [-0.4, -0.2) is 34.3 Å². The molecule has 0 aliphatic carbocycles. The zero-order chi connectivity index (χ0) is 16.9. The Morgan fingerprint density at radius 3 is 2.46 bits per heavy atom. The summed E-state index contributed by atoms with van der Waals surface area (Å²) in [5.74, 6) is 0.821. The van der Waals surface area contributed by atoms with Crippen molar-refractivity contribution in [1.82, 2.24) is 9.97 Å². The van der Waals surface area contributed by atoms with Crippen LogP contribution in [0.25, 0.3) is 11.0 Å². The summed E-state index contributed by atoms with van der Waals surface area (Å²) in [6.07, 6.45) is -0.734. The van der Waals surface area contributed by atoms with Gasteiger partial charge in [-0.3, -0.25) is 0 Å². The van der Waals surface area contributed by atoms with Crippen molar-refractivity contribution in [3.8, 4) is 5.75 Å². The Hall–Kier alpha value is -2.73. The molecule has 0 radical (unpaired) electrons. The third-order valence-electron chi connectivity index (χ3n) is 3.51. The second-order valence-electron chi connectivity index (χ2n) is 5.45. The van der Waals surface area contributed by atoms with Gasteiger partial charge in [-0.2, -0.15) is 0 Å². The van der Waals surface area contributed by atoms with Gasteiger partial charge in [-0.25, -0.2) is 14.4 Å². The van der Waals surface area contributed by atoms with Gasteiger partial charge in [0.2, 0.25) is 0 Å². The van der Waals surface area contributed by atoms with Gasteiger partial charge in [-0.15, -0.1) is 0 Å². The Labute approximate surface area is 139 Å². The number of benzene rings is 2. The summed E-state index contributed by atoms with van der Waals surface area (Å²) >= 11 is 0. The monoisotopic (exact) mass is 327 g/mol. The van der Waals surface area contributed by atoms with Crippen LogP contribution < -0.4 is 10.1 Å². The average Bonchev–Trinajstić information content (AvgIpc) is 2.59. The predicted molar refractivity (Wildman–Crippen MR) is 90.7 cm³/mol. The van der Waals surface area contributed by atoms with Crippen LogP contribution in [0.1, 0.15) is 5.69 Å². The molecule has 1 atom stereocenters. The van der Waals surface area contributed by atoms with Crippen LogP contribution in [0.4, 0.5) is 10.2 Å². The van der Waals surface area contributed by atoms with Crippen LogP contribution in [-0.2, 0) is 0 Å². The zero-order valence-corrected chi connectivity index (χ0v) is 13.2. The first-order chi connectivity index (χ1) is 11.6. The second kappa shape index (κ2) is 7.23. The number of fused-ring (bicyclic) bond motifs is 1. The fourth-order valence-electron chi connectivity index (χ4n) is 2.25. The molecule has 1 aromatic heterocycles. The number of aliphatic hydroxyl groups is 1. The summed E-state index contributed by atoms with van der Waals surface area (Å²) in [7, 11) is 0. The minimum Gasteiger partial charge on any atom is -0.491 e. The maximum absolute atomic E-state index is 12.8. The number of aliphatic hydroxyl groups excluding tert-OH is 1. The summed E-state index contributed by atoms with van der Waals surface area (Å²) in [5.41, 5.74) is 2.39. The summed E-state index contributed by atoms with van der Waals surface area (Å²) in [6.45, 7) is 2.23. The predicted octanol–water partition coefficient (Wildman–Crippen LogP) is 2.93. The molecule has 124 valence electrons. The lowest BCUT2D eigenvalue weighted by atomic mass is 10.3. The Morgan fingerprint density at radius 2 is 1.75 bits per heavy atom. The highest BCUT2D eigenvalue weighted by atomic mass is 19.1. The van der Waals surface area contributed by atoms with E-state index >= 15 is 0 Å². The van der Waals surface area contributed by atoms with Gasteiger partial charge in [-0.05, 0) is 43.3 Å². The lowest BCUT2D eigenvalue weighted by Gasteiger charge is -2.15. The lowest BCUT2D eigenvalue weighted by molar-refractivity contribution is 0.117. The summed E-state index contributed by atoms with van der Waals surface area (Å²) < 4.78 is 18.2. The van der Waals surface area contributed by atoms with E-state index in [1.165, 1.54) is 24.3 Å². The molecule has 0 saturated heterocycles. The SMILES string of the molecule is Cc1nc2ccccc2nc1NCC(O)COc1ccc(F)cc1. The Bertz CT molecular complexity index is 824. The quantitative estimate of drug-likeness (QED) is 0.729. The summed E-state index contributed by atoms with van der Waals surface area (Å²) in [5, 5.41) is 13.1. The number of halogens is 1. The van der Waals surface area contributed by atoms with Gasteiger partial charge in [0.1, 0.15) is 30.1 Å². The minimum atomic E-state index is -0.734. The molecule has 6 heteroatoms. The van der Waals surface area contributed by atoms with E-state index in [1.807, 2.05) is 31.2 Å². The molecule has 0 fully saturated rings. The highest BCUT2D eigenvalue weighted by Crippen LogP contribution is 2.16. The molecule has 2 N–H and O–H groups in total. The highest BCUT2D eigenvalue weighted by molar-refractivity contribution is 5.76. The number of aromatic nitrogens is 2. The molecule has 0 saturated carbocycles. The number of nitrogens with zero attached hydrogens (tertiary/aromatic N) is 2. The molecule has 2 aromatic carbocycles. The summed E-state index contributed by atoms with van der Waals surface area (Å²) in [4.78, 5) is 8.99. The molecule has 1 unspecified atom stereocenters. The van der Waals surface area contributed by atoms with E-state index in [-0.39, 0.29) is 19.0 Å². The molecule has 3 rings (SSSR count). The first kappa shape index (κ1) is 16.1. The molecule has 0 aliphatic rings. The van der Waals surface area contributed by atoms with Crippen molar-refractivity contribution in [1.29, 1.82) is 0 Å². The fraction of sp³-hybridized carbons (Fsp3) is 0.222. The van der Waals surface area contributed by atoms with E-state index in [2.05, 4.69) is 15.3 Å². The van der Waals surface area contributed by atoms with E-state index in [0.717, 1.165) is 16.7 Å². The van der Waals surface area contributed by atoms with Gasteiger partial charge in [0.15, 0.2) is 0 Å². The van der Waals surface area contributed by atoms with Gasteiger partial charge in [0, 0.05) is 6.54 Å². The fourth-order valence-corrected chi connectivity index (χ4v) is 2.25. The van der Waals surface area contributed by atoms with Crippen molar-refractivity contribution in [2.75, 3.05) is 18.5 Å². The van der Waals surface area contributed by atoms with Crippen molar-refractivity contribution in [3.63, 3.8) is 0 Å². The average molecular weight is 327 g/mol. The lowest BCUT2D eigenvalue weighted by Crippen LogP contribution is -2.27. The largest absolute Gasteiger partial charge is 0.491 e. The number of hydrogen-bond acceptors (Lipinski definition) is 5. The molecule has 0 aliphatic heterocycles. The van der Waals surface area contributed by atoms with E-state index in [9.17, 15) is 9.50 Å². The number of para-hydroxylation sites is 2. The third-order valence-corrected chi connectivity index (χ3v) is 3.51. The number of aryl methyl sites for hydroxylation is 1. The van der Waals surface area contributed by atoms with Crippen LogP contribution in [0.5, 0.6) is 5.75 Å². The van der Waals surface area contributed by atoms with E-state index in [4.69, 9.17) is 4.74 Å². The smallest absolute Gasteiger partial charge is 0.148 e. The van der Waals surface area contributed by atoms with Crippen LogP contribution in [0.3, 0.4) is 0 Å². The van der Waals surface area contributed by atoms with Crippen molar-refractivity contribution in [2.24, 2.45) is 0 Å². The number of hydrogen-bond donors (Lipinski definition) is 2. The van der Waals surface area contributed by atoms with E-state index in [1.54, 1.807) is 0 Å². The van der Waals surface area contributed by atoms with Crippen LogP contribution in [0, 0.1) is 12.7 Å². The van der Waals surface area contributed by atoms with E-state index in [0.29, 0.717) is 11.6 Å². The maximum Gasteiger partial charge on any atom is 0.148 e. The number of anilines is 1. The first-order valence-corrected chi connectivity index (χ1v) is 7.65. The van der Waals surface area contributed by atoms with Crippen molar-refractivity contribution in [2.45, 2.75) is 13.0 Å². The van der Waals surface area contributed by atoms with Crippen molar-refractivity contribution in [3.05, 3.63) is 60.0 Å². The van der Waals surface area contributed by atoms with Gasteiger partial charge in [0.25, 0.3) is 0 Å². The Kier molecular flexibility index (Phi) is 4.86. The second-order valence-corrected chi connectivity index (χ2v) is 5.45. The Balaban J connectivity index is 1.56. The molecule has 5 nitrogen and oxygen atoms in total. The van der Waals surface area contributed by atoms with Gasteiger partial charge in [-0.1, -0.05) is 12.1 Å². The molecule has 1 heterocycles. The van der Waals surface area contributed by atoms with Crippen molar-refractivity contribution < 1.29 is 14.2 Å². The van der Waals surface area contributed by atoms with E-state index < -0.39 is 6.10 Å². The molecular weight excluding hydrogens is 309 g/mol. The maximum atomic E-state index is 12.8. The Morgan fingerprint density at radius 1 is 1.08 bits per heavy atom.